The Morgan fingerprint density at radius 3 is 1.56 bits per heavy atom. The van der Waals surface area contributed by atoms with Gasteiger partial charge in [0.1, 0.15) is 5.76 Å². The van der Waals surface area contributed by atoms with Crippen LogP contribution < -0.4 is 0 Å². The zero-order valence-electron chi connectivity index (χ0n) is 10.1. The second-order valence-corrected chi connectivity index (χ2v) is 3.15. The number of ether oxygens (including phenoxy) is 3. The van der Waals surface area contributed by atoms with E-state index in [1.165, 1.54) is 21.3 Å². The van der Waals surface area contributed by atoms with Crippen LogP contribution in [0.25, 0.3) is 0 Å². The fourth-order valence-corrected chi connectivity index (χ4v) is 0.984. The van der Waals surface area contributed by atoms with Gasteiger partial charge in [-0.3, -0.25) is 0 Å². The quantitative estimate of drug-likeness (QED) is 0.181. The first kappa shape index (κ1) is 14.2. The number of carbonyl (C=O) groups excluding carboxylic acids is 2. The van der Waals surface area contributed by atoms with Crippen molar-refractivity contribution in [1.82, 2.24) is 0 Å². The fourth-order valence-electron chi connectivity index (χ4n) is 0.984. The molecule has 0 aromatic heterocycles. The molecule has 0 aliphatic heterocycles. The van der Waals surface area contributed by atoms with Gasteiger partial charge in [-0.25, -0.2) is 9.59 Å². The predicted molar refractivity (Wildman–Crippen MR) is 57.5 cm³/mol. The van der Waals surface area contributed by atoms with Crippen molar-refractivity contribution >= 4 is 11.9 Å². The number of carbonyl (C=O) groups is 2. The molecule has 16 heavy (non-hydrogen) atoms. The number of esters is 2. The van der Waals surface area contributed by atoms with Crippen LogP contribution in [0.3, 0.4) is 0 Å². The van der Waals surface area contributed by atoms with E-state index >= 15 is 0 Å². The molecule has 5 nitrogen and oxygen atoms in total. The average Bonchev–Trinajstić information content (AvgIpc) is 2.26. The van der Waals surface area contributed by atoms with Gasteiger partial charge in [-0.2, -0.15) is 0 Å². The summed E-state index contributed by atoms with van der Waals surface area (Å²) in [6, 6.07) is 0. The van der Waals surface area contributed by atoms with Gasteiger partial charge in [0.05, 0.1) is 21.3 Å². The summed E-state index contributed by atoms with van der Waals surface area (Å²) in [5.41, 5.74) is 0.621. The molecule has 0 bridgehead atoms. The molecule has 0 saturated heterocycles. The van der Waals surface area contributed by atoms with Gasteiger partial charge in [-0.15, -0.1) is 0 Å². The normalized spacial score (nSPS) is 8.81. The van der Waals surface area contributed by atoms with E-state index < -0.39 is 11.9 Å². The molecule has 0 aromatic rings. The molecule has 0 unspecified atom stereocenters. The van der Waals surface area contributed by atoms with Gasteiger partial charge in [-0.1, -0.05) is 5.57 Å². The first-order valence-electron chi connectivity index (χ1n) is 4.57. The van der Waals surface area contributed by atoms with Gasteiger partial charge in [0, 0.05) is 0 Å². The molecule has 5 heteroatoms. The molecular formula is C11H16O5. The fraction of sp³-hybridized carbons (Fsp3) is 0.455. The summed E-state index contributed by atoms with van der Waals surface area (Å²) in [5.74, 6) is -1.46. The molecule has 0 fully saturated rings. The van der Waals surface area contributed by atoms with Crippen molar-refractivity contribution < 1.29 is 23.8 Å². The Morgan fingerprint density at radius 1 is 0.875 bits per heavy atom. The van der Waals surface area contributed by atoms with E-state index in [0.717, 1.165) is 5.57 Å². The maximum Gasteiger partial charge on any atom is 0.349 e. The Balaban J connectivity index is 5.57. The van der Waals surface area contributed by atoms with Crippen molar-refractivity contribution in [3.8, 4) is 0 Å². The Labute approximate surface area is 94.7 Å². The molecule has 0 spiro atoms. The summed E-state index contributed by atoms with van der Waals surface area (Å²) in [7, 11) is 3.72. The van der Waals surface area contributed by atoms with Gasteiger partial charge in [0.25, 0.3) is 0 Å². The predicted octanol–water partition coefficient (Wildman–Crippen LogP) is 1.20. The summed E-state index contributed by atoms with van der Waals surface area (Å²) in [5, 5.41) is 0. The maximum atomic E-state index is 11.4. The Bertz CT molecular complexity index is 316. The molecule has 0 heterocycles. The minimum atomic E-state index is -0.791. The van der Waals surface area contributed by atoms with Crippen molar-refractivity contribution in [2.75, 3.05) is 21.3 Å². The molecule has 0 radical (unpaired) electrons. The maximum absolute atomic E-state index is 11.4. The van der Waals surface area contributed by atoms with Crippen LogP contribution in [0.4, 0.5) is 0 Å². The Hall–Kier alpha value is -1.78. The van der Waals surface area contributed by atoms with Crippen molar-refractivity contribution in [2.24, 2.45) is 0 Å². The average molecular weight is 228 g/mol. The largest absolute Gasteiger partial charge is 0.496 e. The van der Waals surface area contributed by atoms with E-state index in [1.54, 1.807) is 6.08 Å². The standard InChI is InChI=1S/C11H16O5/c1-7(2)6-8(14-3)9(10(12)15-4)11(13)16-5/h6H,1-5H3. The second kappa shape index (κ2) is 6.66. The molecule has 0 aromatic carbocycles. The highest BCUT2D eigenvalue weighted by Crippen LogP contribution is 2.13. The van der Waals surface area contributed by atoms with E-state index in [4.69, 9.17) is 4.74 Å². The molecule has 0 atom stereocenters. The van der Waals surface area contributed by atoms with E-state index in [-0.39, 0.29) is 11.3 Å². The van der Waals surface area contributed by atoms with Crippen LogP contribution in [0.5, 0.6) is 0 Å². The zero-order chi connectivity index (χ0) is 12.7. The minimum Gasteiger partial charge on any atom is -0.496 e. The summed E-state index contributed by atoms with van der Waals surface area (Å²) in [6.07, 6.45) is 1.56. The molecule has 0 amide bonds. The van der Waals surface area contributed by atoms with E-state index in [2.05, 4.69) is 9.47 Å². The van der Waals surface area contributed by atoms with Crippen molar-refractivity contribution in [1.29, 1.82) is 0 Å². The Kier molecular flexibility index (Phi) is 5.92. The van der Waals surface area contributed by atoms with Gasteiger partial charge in [-0.05, 0) is 19.9 Å². The first-order valence-corrected chi connectivity index (χ1v) is 4.57. The Morgan fingerprint density at radius 2 is 1.31 bits per heavy atom. The minimum absolute atomic E-state index is 0.124. The molecule has 0 saturated carbocycles. The third-order valence-corrected chi connectivity index (χ3v) is 1.67. The number of hydrogen-bond donors (Lipinski definition) is 0. The number of hydrogen-bond acceptors (Lipinski definition) is 5. The summed E-state index contributed by atoms with van der Waals surface area (Å²) in [6.45, 7) is 3.62. The van der Waals surface area contributed by atoms with Gasteiger partial charge in [0.15, 0.2) is 5.57 Å². The monoisotopic (exact) mass is 228 g/mol. The highest BCUT2D eigenvalue weighted by molar-refractivity contribution is 6.14. The summed E-state index contributed by atoms with van der Waals surface area (Å²) < 4.78 is 14.0. The van der Waals surface area contributed by atoms with Gasteiger partial charge < -0.3 is 14.2 Å². The third kappa shape index (κ3) is 3.76. The van der Waals surface area contributed by atoms with E-state index in [0.29, 0.717) is 0 Å². The SMILES string of the molecule is COC(=O)C(C(=O)OC)=C(C=C(C)C)OC. The van der Waals surface area contributed by atoms with Crippen LogP contribution >= 0.6 is 0 Å². The van der Waals surface area contributed by atoms with E-state index in [1.807, 2.05) is 13.8 Å². The molecule has 0 aliphatic rings. The van der Waals surface area contributed by atoms with Gasteiger partial charge >= 0.3 is 11.9 Å². The second-order valence-electron chi connectivity index (χ2n) is 3.15. The highest BCUT2D eigenvalue weighted by atomic mass is 16.5. The third-order valence-electron chi connectivity index (χ3n) is 1.67. The highest BCUT2D eigenvalue weighted by Gasteiger charge is 2.24. The summed E-state index contributed by atoms with van der Waals surface area (Å²) >= 11 is 0. The number of methoxy groups -OCH3 is 3. The molecule has 0 rings (SSSR count). The van der Waals surface area contributed by atoms with Crippen LogP contribution in [-0.2, 0) is 23.8 Å². The van der Waals surface area contributed by atoms with Crippen molar-refractivity contribution in [2.45, 2.75) is 13.8 Å². The van der Waals surface area contributed by atoms with Crippen LogP contribution in [0.1, 0.15) is 13.8 Å². The van der Waals surface area contributed by atoms with Crippen molar-refractivity contribution in [3.63, 3.8) is 0 Å². The van der Waals surface area contributed by atoms with Crippen LogP contribution in [0.2, 0.25) is 0 Å². The van der Waals surface area contributed by atoms with Crippen LogP contribution in [0.15, 0.2) is 23.0 Å². The van der Waals surface area contributed by atoms with E-state index in [9.17, 15) is 9.59 Å². The number of allylic oxidation sites excluding steroid dienone is 2. The van der Waals surface area contributed by atoms with Crippen LogP contribution in [0, 0.1) is 0 Å². The number of rotatable bonds is 4. The molecule has 0 N–H and O–H groups in total. The molecule has 0 aliphatic carbocycles. The van der Waals surface area contributed by atoms with Crippen molar-refractivity contribution in [3.05, 3.63) is 23.0 Å². The lowest BCUT2D eigenvalue weighted by Gasteiger charge is -2.08. The zero-order valence-corrected chi connectivity index (χ0v) is 10.1. The topological polar surface area (TPSA) is 61.8 Å². The lowest BCUT2D eigenvalue weighted by molar-refractivity contribution is -0.144. The van der Waals surface area contributed by atoms with Crippen LogP contribution in [-0.4, -0.2) is 33.3 Å². The van der Waals surface area contributed by atoms with Gasteiger partial charge in [0.2, 0.25) is 0 Å². The first-order chi connectivity index (χ1) is 7.47. The molecule has 90 valence electrons. The summed E-state index contributed by atoms with van der Waals surface area (Å²) in [4.78, 5) is 22.8. The lowest BCUT2D eigenvalue weighted by atomic mass is 10.2. The lowest BCUT2D eigenvalue weighted by Crippen LogP contribution is -2.18. The molecular weight excluding hydrogens is 212 g/mol. The smallest absolute Gasteiger partial charge is 0.349 e.